The van der Waals surface area contributed by atoms with E-state index in [1.807, 2.05) is 18.2 Å². The second kappa shape index (κ2) is 6.97. The van der Waals surface area contributed by atoms with Gasteiger partial charge in [-0.1, -0.05) is 25.1 Å². The number of anilines is 1. The Morgan fingerprint density at radius 2 is 1.95 bits per heavy atom. The quantitative estimate of drug-likeness (QED) is 0.846. The number of rotatable bonds is 7. The van der Waals surface area contributed by atoms with Crippen LogP contribution in [-0.2, 0) is 6.42 Å². The van der Waals surface area contributed by atoms with Crippen LogP contribution < -0.4 is 14.8 Å². The lowest BCUT2D eigenvalue weighted by Crippen LogP contribution is -2.08. The van der Waals surface area contributed by atoms with Gasteiger partial charge < -0.3 is 19.3 Å². The van der Waals surface area contributed by atoms with E-state index in [9.17, 15) is 0 Å². The Labute approximate surface area is 124 Å². The first kappa shape index (κ1) is 15.2. The fourth-order valence-corrected chi connectivity index (χ4v) is 1.86. The molecule has 6 nitrogen and oxygen atoms in total. The molecule has 0 fully saturated rings. The molecule has 21 heavy (non-hydrogen) atoms. The smallest absolute Gasteiger partial charge is 0.321 e. The monoisotopic (exact) mass is 291 g/mol. The highest BCUT2D eigenvalue weighted by Crippen LogP contribution is 2.28. The highest BCUT2D eigenvalue weighted by molar-refractivity contribution is 5.43. The fourth-order valence-electron chi connectivity index (χ4n) is 1.86. The third kappa shape index (κ3) is 4.11. The minimum Gasteiger partial charge on any atom is -0.493 e. The summed E-state index contributed by atoms with van der Waals surface area (Å²) in [5.41, 5.74) is 1.03. The van der Waals surface area contributed by atoms with Gasteiger partial charge >= 0.3 is 6.01 Å². The van der Waals surface area contributed by atoms with Crippen molar-refractivity contribution >= 4 is 6.01 Å². The summed E-state index contributed by atoms with van der Waals surface area (Å²) in [6.45, 7) is 5.04. The summed E-state index contributed by atoms with van der Waals surface area (Å²) >= 11 is 0. The Balaban J connectivity index is 2.04. The Morgan fingerprint density at radius 3 is 2.62 bits per heavy atom. The van der Waals surface area contributed by atoms with Gasteiger partial charge in [0, 0.05) is 13.0 Å². The van der Waals surface area contributed by atoms with Gasteiger partial charge in [0.15, 0.2) is 17.3 Å². The number of aromatic nitrogens is 2. The highest BCUT2D eigenvalue weighted by Gasteiger charge is 2.10. The van der Waals surface area contributed by atoms with Gasteiger partial charge in [-0.3, -0.25) is 0 Å². The molecule has 1 N–H and O–H groups in total. The molecule has 0 spiro atoms. The van der Waals surface area contributed by atoms with Gasteiger partial charge in [-0.25, -0.2) is 0 Å². The zero-order valence-electron chi connectivity index (χ0n) is 12.8. The van der Waals surface area contributed by atoms with Crippen molar-refractivity contribution in [2.45, 2.75) is 20.3 Å². The second-order valence-corrected chi connectivity index (χ2v) is 5.16. The lowest BCUT2D eigenvalue weighted by Gasteiger charge is -2.08. The van der Waals surface area contributed by atoms with Crippen molar-refractivity contribution in [1.29, 1.82) is 0 Å². The van der Waals surface area contributed by atoms with Crippen molar-refractivity contribution in [3.05, 3.63) is 29.6 Å². The molecule has 0 saturated heterocycles. The Kier molecular flexibility index (Phi) is 5.03. The number of nitrogens with one attached hydrogen (secondary N) is 1. The third-order valence-corrected chi connectivity index (χ3v) is 2.94. The van der Waals surface area contributed by atoms with E-state index in [0.717, 1.165) is 12.1 Å². The average Bonchev–Trinajstić information content (AvgIpc) is 2.92. The topological polar surface area (TPSA) is 69.4 Å². The number of hydrogen-bond acceptors (Lipinski definition) is 6. The molecule has 1 aromatic carbocycles. The van der Waals surface area contributed by atoms with Crippen molar-refractivity contribution < 1.29 is 14.0 Å². The number of ether oxygens (including phenoxy) is 2. The number of benzene rings is 1. The van der Waals surface area contributed by atoms with Gasteiger partial charge in [-0.05, 0) is 23.6 Å². The molecule has 2 rings (SSSR count). The van der Waals surface area contributed by atoms with Gasteiger partial charge in [-0.15, -0.1) is 0 Å². The zero-order valence-corrected chi connectivity index (χ0v) is 12.8. The molecule has 0 amide bonds. The Bertz CT molecular complexity index is 581. The van der Waals surface area contributed by atoms with E-state index >= 15 is 0 Å². The molecule has 0 aliphatic rings. The molecular formula is C15H21N3O3. The zero-order chi connectivity index (χ0) is 15.2. The predicted octanol–water partition coefficient (Wildman–Crippen LogP) is 2.75. The van der Waals surface area contributed by atoms with Crippen molar-refractivity contribution in [2.24, 2.45) is 5.92 Å². The first-order chi connectivity index (χ1) is 10.1. The van der Waals surface area contributed by atoms with Crippen LogP contribution in [-0.4, -0.2) is 30.9 Å². The Hall–Kier alpha value is -2.24. The molecular weight excluding hydrogens is 270 g/mol. The van der Waals surface area contributed by atoms with E-state index in [-0.39, 0.29) is 0 Å². The summed E-state index contributed by atoms with van der Waals surface area (Å²) in [6, 6.07) is 6.20. The first-order valence-electron chi connectivity index (χ1n) is 6.89. The molecule has 0 unspecified atom stereocenters. The van der Waals surface area contributed by atoms with Crippen LogP contribution in [0, 0.1) is 5.92 Å². The molecule has 0 bridgehead atoms. The van der Waals surface area contributed by atoms with Crippen LogP contribution in [0.1, 0.15) is 25.2 Å². The maximum absolute atomic E-state index is 5.28. The first-order valence-corrected chi connectivity index (χ1v) is 6.89. The SMILES string of the molecule is COc1ccc(Cc2noc(NCC(C)C)n2)cc1OC. The molecule has 0 radical (unpaired) electrons. The van der Waals surface area contributed by atoms with Crippen LogP contribution in [0.15, 0.2) is 22.7 Å². The molecule has 2 aromatic rings. The number of methoxy groups -OCH3 is 2. The van der Waals surface area contributed by atoms with Gasteiger partial charge in [0.2, 0.25) is 0 Å². The molecule has 0 atom stereocenters. The summed E-state index contributed by atoms with van der Waals surface area (Å²) in [5, 5.41) is 7.07. The van der Waals surface area contributed by atoms with E-state index in [1.165, 1.54) is 0 Å². The maximum atomic E-state index is 5.28. The van der Waals surface area contributed by atoms with E-state index in [0.29, 0.717) is 35.7 Å². The van der Waals surface area contributed by atoms with Gasteiger partial charge in [0.05, 0.1) is 14.2 Å². The predicted molar refractivity (Wildman–Crippen MR) is 80.0 cm³/mol. The molecule has 0 saturated carbocycles. The number of nitrogens with zero attached hydrogens (tertiary/aromatic N) is 2. The molecule has 0 aliphatic heterocycles. The highest BCUT2D eigenvalue weighted by atomic mass is 16.5. The fraction of sp³-hybridized carbons (Fsp3) is 0.467. The van der Waals surface area contributed by atoms with Crippen molar-refractivity contribution in [1.82, 2.24) is 10.1 Å². The van der Waals surface area contributed by atoms with Crippen LogP contribution in [0.25, 0.3) is 0 Å². The molecule has 114 valence electrons. The lowest BCUT2D eigenvalue weighted by molar-refractivity contribution is 0.354. The molecule has 1 aromatic heterocycles. The Morgan fingerprint density at radius 1 is 1.19 bits per heavy atom. The van der Waals surface area contributed by atoms with Crippen LogP contribution >= 0.6 is 0 Å². The minimum atomic E-state index is 0.458. The normalized spacial score (nSPS) is 10.7. The van der Waals surface area contributed by atoms with Crippen molar-refractivity contribution in [3.63, 3.8) is 0 Å². The van der Waals surface area contributed by atoms with Crippen LogP contribution in [0.5, 0.6) is 11.5 Å². The standard InChI is InChI=1S/C15H21N3O3/c1-10(2)9-16-15-17-14(18-21-15)8-11-5-6-12(19-3)13(7-11)20-4/h5-7,10H,8-9H2,1-4H3,(H,16,17,18). The lowest BCUT2D eigenvalue weighted by atomic mass is 10.1. The van der Waals surface area contributed by atoms with Crippen molar-refractivity contribution in [3.8, 4) is 11.5 Å². The third-order valence-electron chi connectivity index (χ3n) is 2.94. The average molecular weight is 291 g/mol. The summed E-state index contributed by atoms with van der Waals surface area (Å²) in [4.78, 5) is 4.31. The summed E-state index contributed by atoms with van der Waals surface area (Å²) in [7, 11) is 3.23. The molecule has 1 heterocycles. The molecule has 0 aliphatic carbocycles. The summed E-state index contributed by atoms with van der Waals surface area (Å²) in [5.74, 6) is 2.55. The van der Waals surface area contributed by atoms with Crippen LogP contribution in [0.4, 0.5) is 6.01 Å². The van der Waals surface area contributed by atoms with E-state index in [2.05, 4.69) is 29.3 Å². The van der Waals surface area contributed by atoms with Gasteiger partial charge in [0.1, 0.15) is 0 Å². The van der Waals surface area contributed by atoms with E-state index in [1.54, 1.807) is 14.2 Å². The second-order valence-electron chi connectivity index (χ2n) is 5.16. The minimum absolute atomic E-state index is 0.458. The largest absolute Gasteiger partial charge is 0.493 e. The maximum Gasteiger partial charge on any atom is 0.321 e. The summed E-state index contributed by atoms with van der Waals surface area (Å²) < 4.78 is 15.7. The van der Waals surface area contributed by atoms with Gasteiger partial charge in [0.25, 0.3) is 0 Å². The van der Waals surface area contributed by atoms with E-state index in [4.69, 9.17) is 14.0 Å². The van der Waals surface area contributed by atoms with Gasteiger partial charge in [-0.2, -0.15) is 4.98 Å². The summed E-state index contributed by atoms with van der Waals surface area (Å²) in [6.07, 6.45) is 0.577. The number of hydrogen-bond donors (Lipinski definition) is 1. The van der Waals surface area contributed by atoms with Crippen LogP contribution in [0.2, 0.25) is 0 Å². The van der Waals surface area contributed by atoms with E-state index < -0.39 is 0 Å². The van der Waals surface area contributed by atoms with Crippen molar-refractivity contribution in [2.75, 3.05) is 26.1 Å². The molecule has 6 heteroatoms. The van der Waals surface area contributed by atoms with Crippen LogP contribution in [0.3, 0.4) is 0 Å².